The third kappa shape index (κ3) is 5.76. The van der Waals surface area contributed by atoms with Crippen molar-refractivity contribution >= 4 is 34.3 Å². The first-order valence-electron chi connectivity index (χ1n) is 12.7. The molecular weight excluding hydrogens is 502 g/mol. The summed E-state index contributed by atoms with van der Waals surface area (Å²) in [5.41, 5.74) is 3.42. The molecular formula is C29H30F2N6O2. The number of piperazine rings is 1. The van der Waals surface area contributed by atoms with E-state index in [1.54, 1.807) is 37.7 Å². The molecule has 0 unspecified atom stereocenters. The lowest BCUT2D eigenvalue weighted by Gasteiger charge is -2.36. The molecule has 0 saturated carbocycles. The SMILES string of the molecule is C=CC(=O)Nc1cccc(-c2ccc3cnc(Nc4ccc(N5CCN(CCOC)CC5)c(F)c4F)cn23)c1. The largest absolute Gasteiger partial charge is 0.383 e. The molecule has 202 valence electrons. The number of methoxy groups -OCH3 is 1. The molecule has 1 aliphatic rings. The van der Waals surface area contributed by atoms with Gasteiger partial charge in [-0.3, -0.25) is 9.69 Å². The molecule has 1 saturated heterocycles. The number of fused-ring (bicyclic) bond motifs is 1. The van der Waals surface area contributed by atoms with Crippen LogP contribution in [0.1, 0.15) is 0 Å². The molecule has 0 radical (unpaired) electrons. The molecule has 39 heavy (non-hydrogen) atoms. The minimum absolute atomic E-state index is 0.00433. The average Bonchev–Trinajstić information content (AvgIpc) is 3.38. The van der Waals surface area contributed by atoms with E-state index in [1.165, 1.54) is 6.08 Å². The smallest absolute Gasteiger partial charge is 0.247 e. The molecule has 3 heterocycles. The number of ether oxygens (including phenoxy) is 1. The van der Waals surface area contributed by atoms with Crippen LogP contribution < -0.4 is 15.5 Å². The van der Waals surface area contributed by atoms with Crippen molar-refractivity contribution in [2.45, 2.75) is 0 Å². The Morgan fingerprint density at radius 2 is 1.92 bits per heavy atom. The summed E-state index contributed by atoms with van der Waals surface area (Å²) in [4.78, 5) is 20.2. The van der Waals surface area contributed by atoms with Crippen molar-refractivity contribution in [1.82, 2.24) is 14.3 Å². The van der Waals surface area contributed by atoms with Gasteiger partial charge in [0.1, 0.15) is 5.82 Å². The number of nitrogens with one attached hydrogen (secondary N) is 2. The van der Waals surface area contributed by atoms with Crippen molar-refractivity contribution in [3.05, 3.63) is 85.2 Å². The molecule has 2 N–H and O–H groups in total. The van der Waals surface area contributed by atoms with E-state index in [1.807, 2.05) is 39.6 Å². The van der Waals surface area contributed by atoms with Gasteiger partial charge >= 0.3 is 0 Å². The molecule has 1 fully saturated rings. The van der Waals surface area contributed by atoms with Gasteiger partial charge < -0.3 is 24.7 Å². The molecule has 1 aliphatic heterocycles. The van der Waals surface area contributed by atoms with Crippen LogP contribution in [0.2, 0.25) is 0 Å². The monoisotopic (exact) mass is 532 g/mol. The van der Waals surface area contributed by atoms with Crippen LogP contribution in [0.4, 0.5) is 31.7 Å². The molecule has 0 bridgehead atoms. The molecule has 0 atom stereocenters. The minimum Gasteiger partial charge on any atom is -0.383 e. The summed E-state index contributed by atoms with van der Waals surface area (Å²) in [7, 11) is 1.67. The first kappa shape index (κ1) is 26.3. The van der Waals surface area contributed by atoms with Gasteiger partial charge in [-0.25, -0.2) is 13.8 Å². The van der Waals surface area contributed by atoms with E-state index in [4.69, 9.17) is 4.74 Å². The Morgan fingerprint density at radius 1 is 1.10 bits per heavy atom. The maximum Gasteiger partial charge on any atom is 0.247 e. The first-order chi connectivity index (χ1) is 19.0. The van der Waals surface area contributed by atoms with Crippen molar-refractivity contribution in [1.29, 1.82) is 0 Å². The molecule has 0 aliphatic carbocycles. The van der Waals surface area contributed by atoms with Crippen LogP contribution in [-0.2, 0) is 9.53 Å². The Bertz CT molecular complexity index is 1500. The maximum absolute atomic E-state index is 15.2. The number of rotatable bonds is 9. The van der Waals surface area contributed by atoms with Gasteiger partial charge in [0.15, 0.2) is 11.6 Å². The number of halogens is 2. The number of carbonyl (C=O) groups excluding carboxylic acids is 1. The summed E-state index contributed by atoms with van der Waals surface area (Å²) in [5, 5.41) is 5.68. The van der Waals surface area contributed by atoms with Gasteiger partial charge in [0.25, 0.3) is 0 Å². The summed E-state index contributed by atoms with van der Waals surface area (Å²) in [5.74, 6) is -1.78. The van der Waals surface area contributed by atoms with Crippen molar-refractivity contribution in [3.63, 3.8) is 0 Å². The van der Waals surface area contributed by atoms with E-state index in [2.05, 4.69) is 27.1 Å². The zero-order valence-electron chi connectivity index (χ0n) is 21.7. The van der Waals surface area contributed by atoms with E-state index in [-0.39, 0.29) is 17.3 Å². The van der Waals surface area contributed by atoms with Crippen LogP contribution >= 0.6 is 0 Å². The number of nitrogens with zero attached hydrogens (tertiary/aromatic N) is 4. The quantitative estimate of drug-likeness (QED) is 0.298. The number of hydrogen-bond acceptors (Lipinski definition) is 6. The van der Waals surface area contributed by atoms with E-state index in [9.17, 15) is 4.79 Å². The van der Waals surface area contributed by atoms with Crippen molar-refractivity contribution < 1.29 is 18.3 Å². The highest BCUT2D eigenvalue weighted by Crippen LogP contribution is 2.30. The third-order valence-corrected chi connectivity index (χ3v) is 6.80. The number of benzene rings is 2. The Kier molecular flexibility index (Phi) is 7.85. The van der Waals surface area contributed by atoms with Crippen LogP contribution in [-0.4, -0.2) is 66.6 Å². The third-order valence-electron chi connectivity index (χ3n) is 6.80. The predicted molar refractivity (Wildman–Crippen MR) is 150 cm³/mol. The zero-order valence-corrected chi connectivity index (χ0v) is 21.7. The minimum atomic E-state index is -0.949. The molecule has 0 spiro atoms. The van der Waals surface area contributed by atoms with Crippen LogP contribution in [0, 0.1) is 11.6 Å². The highest BCUT2D eigenvalue weighted by molar-refractivity contribution is 5.99. The fraction of sp³-hybridized carbons (Fsp3) is 0.241. The molecule has 4 aromatic rings. The Labute approximate surface area is 225 Å². The standard InChI is InChI=1S/C29H30F2N6O2/c1-3-27(38)33-21-6-4-5-20(17-21)24-9-7-22-18-32-26(19-37(22)24)34-23-8-10-25(29(31)28(23)30)36-13-11-35(12-14-36)15-16-39-2/h3-10,17-19,34H,1,11-16H2,2H3,(H,33,38). The van der Waals surface area contributed by atoms with Crippen LogP contribution in [0.15, 0.2) is 73.6 Å². The summed E-state index contributed by atoms with van der Waals surface area (Å²) in [6.07, 6.45) is 4.59. The molecule has 2 aromatic carbocycles. The topological polar surface area (TPSA) is 74.1 Å². The average molecular weight is 533 g/mol. The second-order valence-electron chi connectivity index (χ2n) is 9.27. The number of aromatic nitrogens is 2. The second kappa shape index (κ2) is 11.6. The molecule has 5 rings (SSSR count). The van der Waals surface area contributed by atoms with Gasteiger partial charge in [-0.2, -0.15) is 0 Å². The van der Waals surface area contributed by atoms with Crippen LogP contribution in [0.25, 0.3) is 16.8 Å². The van der Waals surface area contributed by atoms with Crippen molar-refractivity contribution in [3.8, 4) is 11.3 Å². The summed E-state index contributed by atoms with van der Waals surface area (Å²) in [6, 6.07) is 14.4. The van der Waals surface area contributed by atoms with Gasteiger partial charge in [-0.15, -0.1) is 0 Å². The van der Waals surface area contributed by atoms with Crippen molar-refractivity contribution in [2.24, 2.45) is 0 Å². The summed E-state index contributed by atoms with van der Waals surface area (Å²) < 4.78 is 37.3. The zero-order chi connectivity index (χ0) is 27.4. The lowest BCUT2D eigenvalue weighted by Crippen LogP contribution is -2.47. The van der Waals surface area contributed by atoms with E-state index >= 15 is 8.78 Å². The van der Waals surface area contributed by atoms with Crippen LogP contribution in [0.3, 0.4) is 0 Å². The second-order valence-corrected chi connectivity index (χ2v) is 9.27. The fourth-order valence-corrected chi connectivity index (χ4v) is 4.70. The lowest BCUT2D eigenvalue weighted by molar-refractivity contribution is -0.111. The van der Waals surface area contributed by atoms with Gasteiger partial charge in [-0.05, 0) is 42.5 Å². The highest BCUT2D eigenvalue weighted by Gasteiger charge is 2.22. The van der Waals surface area contributed by atoms with E-state index in [0.717, 1.165) is 36.4 Å². The highest BCUT2D eigenvalue weighted by atomic mass is 19.2. The van der Waals surface area contributed by atoms with E-state index < -0.39 is 11.6 Å². The molecule has 8 nitrogen and oxygen atoms in total. The Morgan fingerprint density at radius 3 is 2.69 bits per heavy atom. The van der Waals surface area contributed by atoms with Gasteiger partial charge in [0.2, 0.25) is 5.91 Å². The van der Waals surface area contributed by atoms with Gasteiger partial charge in [-0.1, -0.05) is 18.7 Å². The first-order valence-corrected chi connectivity index (χ1v) is 12.7. The summed E-state index contributed by atoms with van der Waals surface area (Å²) >= 11 is 0. The molecule has 1 amide bonds. The fourth-order valence-electron chi connectivity index (χ4n) is 4.70. The predicted octanol–water partition coefficient (Wildman–Crippen LogP) is 4.92. The number of hydrogen-bond donors (Lipinski definition) is 2. The summed E-state index contributed by atoms with van der Waals surface area (Å²) in [6.45, 7) is 7.69. The number of anilines is 4. The van der Waals surface area contributed by atoms with Gasteiger partial charge in [0, 0.05) is 51.1 Å². The Balaban J connectivity index is 1.35. The lowest BCUT2D eigenvalue weighted by atomic mass is 10.1. The maximum atomic E-state index is 15.2. The normalized spacial score (nSPS) is 14.0. The number of amides is 1. The van der Waals surface area contributed by atoms with Gasteiger partial charge in [0.05, 0.1) is 41.6 Å². The Hall–Kier alpha value is -4.28. The molecule has 10 heteroatoms. The molecule has 2 aromatic heterocycles. The van der Waals surface area contributed by atoms with Crippen LogP contribution in [0.5, 0.6) is 0 Å². The van der Waals surface area contributed by atoms with E-state index in [0.29, 0.717) is 31.2 Å². The van der Waals surface area contributed by atoms with Crippen molar-refractivity contribution in [2.75, 3.05) is 62.0 Å². The number of carbonyl (C=O) groups is 1.